The lowest BCUT2D eigenvalue weighted by atomic mass is 10.1. The summed E-state index contributed by atoms with van der Waals surface area (Å²) >= 11 is 1.44. The third kappa shape index (κ3) is 4.99. The lowest BCUT2D eigenvalue weighted by Gasteiger charge is -2.23. The minimum absolute atomic E-state index is 0.0810. The van der Waals surface area contributed by atoms with Crippen LogP contribution in [0.15, 0.2) is 53.9 Å². The van der Waals surface area contributed by atoms with E-state index in [4.69, 9.17) is 9.84 Å². The van der Waals surface area contributed by atoms with Gasteiger partial charge in [0.25, 0.3) is 5.91 Å². The average molecular weight is 412 g/mol. The summed E-state index contributed by atoms with van der Waals surface area (Å²) in [4.78, 5) is 19.0. The van der Waals surface area contributed by atoms with Crippen LogP contribution in [0, 0.1) is 5.82 Å². The number of thiazole rings is 1. The zero-order valence-electron chi connectivity index (χ0n) is 15.8. The van der Waals surface area contributed by atoms with Crippen molar-refractivity contribution in [3.05, 3.63) is 81.6 Å². The van der Waals surface area contributed by atoms with Crippen LogP contribution in [0.4, 0.5) is 4.39 Å². The maximum absolute atomic E-state index is 13.5. The van der Waals surface area contributed by atoms with E-state index in [9.17, 15) is 9.18 Å². The summed E-state index contributed by atoms with van der Waals surface area (Å²) in [6, 6.07) is 13.6. The number of rotatable bonds is 8. The van der Waals surface area contributed by atoms with Crippen LogP contribution in [0.3, 0.4) is 0 Å². The highest BCUT2D eigenvalue weighted by atomic mass is 32.1. The molecule has 3 aromatic rings. The maximum Gasteiger partial charge on any atom is 0.254 e. The number of aliphatic hydroxyl groups excluding tert-OH is 1. The number of benzene rings is 2. The Morgan fingerprint density at radius 1 is 1.24 bits per heavy atom. The molecule has 7 heteroatoms. The molecule has 29 heavy (non-hydrogen) atoms. The summed E-state index contributed by atoms with van der Waals surface area (Å²) in [5.41, 5.74) is 1.96. The molecule has 150 valence electrons. The van der Waals surface area contributed by atoms with Gasteiger partial charge in [-0.25, -0.2) is 9.37 Å². The molecule has 0 aliphatic heterocycles. The zero-order chi connectivity index (χ0) is 20.2. The van der Waals surface area contributed by atoms with Crippen LogP contribution >= 0.6 is 11.3 Å². The Bertz CT molecular complexity index is 1000. The summed E-state index contributed by atoms with van der Waals surface area (Å²) in [5, 5.41) is 11.7. The van der Waals surface area contributed by atoms with E-state index >= 15 is 0 Å². The number of hydrogen-bond acceptors (Lipinski definition) is 5. The van der Waals surface area contributed by atoms with E-state index < -0.39 is 5.82 Å². The molecule has 1 fully saturated rings. The minimum atomic E-state index is -0.409. The Balaban J connectivity index is 1.44. The second-order valence-electron chi connectivity index (χ2n) is 7.00. The van der Waals surface area contributed by atoms with Crippen molar-refractivity contribution >= 4 is 17.2 Å². The Morgan fingerprint density at radius 2 is 2.07 bits per heavy atom. The van der Waals surface area contributed by atoms with E-state index in [1.54, 1.807) is 17.5 Å². The number of ether oxygens (including phenoxy) is 1. The lowest BCUT2D eigenvalue weighted by Crippen LogP contribution is -2.32. The van der Waals surface area contributed by atoms with Gasteiger partial charge in [0.15, 0.2) is 0 Å². The van der Waals surface area contributed by atoms with Crippen molar-refractivity contribution < 1.29 is 19.0 Å². The van der Waals surface area contributed by atoms with E-state index in [1.165, 1.54) is 23.5 Å². The summed E-state index contributed by atoms with van der Waals surface area (Å²) in [6.07, 6.45) is 1.93. The van der Waals surface area contributed by atoms with Crippen molar-refractivity contribution in [2.75, 3.05) is 0 Å². The van der Waals surface area contributed by atoms with Gasteiger partial charge < -0.3 is 14.7 Å². The number of aliphatic hydroxyl groups is 1. The molecule has 1 amide bonds. The van der Waals surface area contributed by atoms with Gasteiger partial charge in [0, 0.05) is 23.5 Å². The standard InChI is InChI=1S/C22H21FN2O3S/c23-17-5-2-4-16(10-17)22(27)25(19-7-8-19)11-15-3-1-6-20(9-15)28-13-21-24-18(12-26)14-29-21/h1-6,9-10,14,19,26H,7-8,11-13H2. The van der Waals surface area contributed by atoms with Crippen LogP contribution in [0.5, 0.6) is 5.75 Å². The van der Waals surface area contributed by atoms with Crippen LogP contribution in [0.2, 0.25) is 0 Å². The lowest BCUT2D eigenvalue weighted by molar-refractivity contribution is 0.0729. The molecule has 1 N–H and O–H groups in total. The van der Waals surface area contributed by atoms with Crippen LogP contribution < -0.4 is 4.74 Å². The quantitative estimate of drug-likeness (QED) is 0.604. The van der Waals surface area contributed by atoms with E-state index in [0.717, 1.165) is 23.4 Å². The van der Waals surface area contributed by atoms with Gasteiger partial charge in [-0.1, -0.05) is 18.2 Å². The van der Waals surface area contributed by atoms with Crippen molar-refractivity contribution in [1.29, 1.82) is 0 Å². The number of carbonyl (C=O) groups is 1. The molecule has 1 saturated carbocycles. The highest BCUT2D eigenvalue weighted by molar-refractivity contribution is 7.09. The number of aromatic nitrogens is 1. The number of hydrogen-bond donors (Lipinski definition) is 1. The van der Waals surface area contributed by atoms with Gasteiger partial charge in [-0.15, -0.1) is 11.3 Å². The second kappa shape index (κ2) is 8.71. The van der Waals surface area contributed by atoms with Gasteiger partial charge in [-0.05, 0) is 48.7 Å². The molecule has 0 bridgehead atoms. The molecule has 0 atom stereocenters. The predicted molar refractivity (Wildman–Crippen MR) is 108 cm³/mol. The Labute approximate surface area is 172 Å². The fourth-order valence-corrected chi connectivity index (χ4v) is 3.80. The van der Waals surface area contributed by atoms with Crippen molar-refractivity contribution in [3.63, 3.8) is 0 Å². The summed E-state index contributed by atoms with van der Waals surface area (Å²) < 4.78 is 19.4. The molecule has 0 unspecified atom stereocenters. The van der Waals surface area contributed by atoms with E-state index in [0.29, 0.717) is 30.2 Å². The molecular weight excluding hydrogens is 391 g/mol. The van der Waals surface area contributed by atoms with Gasteiger partial charge in [0.1, 0.15) is 23.2 Å². The number of amides is 1. The highest BCUT2D eigenvalue weighted by Crippen LogP contribution is 2.30. The van der Waals surface area contributed by atoms with Gasteiger partial charge >= 0.3 is 0 Å². The van der Waals surface area contributed by atoms with Crippen molar-refractivity contribution in [2.45, 2.75) is 38.6 Å². The molecular formula is C22H21FN2O3S. The Morgan fingerprint density at radius 3 is 2.79 bits per heavy atom. The number of nitrogens with zero attached hydrogens (tertiary/aromatic N) is 2. The Hall–Kier alpha value is -2.77. The van der Waals surface area contributed by atoms with Crippen molar-refractivity contribution in [2.24, 2.45) is 0 Å². The highest BCUT2D eigenvalue weighted by Gasteiger charge is 2.33. The first-order valence-corrected chi connectivity index (χ1v) is 10.3. The molecule has 4 rings (SSSR count). The molecule has 0 saturated heterocycles. The summed E-state index contributed by atoms with van der Waals surface area (Å²) in [7, 11) is 0. The molecule has 1 aromatic heterocycles. The van der Waals surface area contributed by atoms with Crippen LogP contribution in [0.25, 0.3) is 0 Å². The van der Waals surface area contributed by atoms with E-state index in [-0.39, 0.29) is 18.6 Å². The smallest absolute Gasteiger partial charge is 0.254 e. The number of halogens is 1. The third-order valence-corrected chi connectivity index (χ3v) is 5.57. The first kappa shape index (κ1) is 19.5. The predicted octanol–water partition coefficient (Wildman–Crippen LogP) is 4.16. The van der Waals surface area contributed by atoms with Crippen molar-refractivity contribution in [1.82, 2.24) is 9.88 Å². The van der Waals surface area contributed by atoms with Crippen molar-refractivity contribution in [3.8, 4) is 5.75 Å². The minimum Gasteiger partial charge on any atom is -0.486 e. The molecule has 0 spiro atoms. The Kier molecular flexibility index (Phi) is 5.87. The van der Waals surface area contributed by atoms with E-state index in [2.05, 4.69) is 4.98 Å². The van der Waals surface area contributed by atoms with Gasteiger partial charge in [0.05, 0.1) is 12.3 Å². The van der Waals surface area contributed by atoms with Crippen LogP contribution in [-0.2, 0) is 19.8 Å². The monoisotopic (exact) mass is 412 g/mol. The molecule has 0 radical (unpaired) electrons. The molecule has 1 heterocycles. The largest absolute Gasteiger partial charge is 0.486 e. The molecule has 5 nitrogen and oxygen atoms in total. The topological polar surface area (TPSA) is 62.7 Å². The van der Waals surface area contributed by atoms with Gasteiger partial charge in [-0.3, -0.25) is 4.79 Å². The average Bonchev–Trinajstić information content (AvgIpc) is 3.47. The fourth-order valence-electron chi connectivity index (χ4n) is 3.10. The first-order valence-electron chi connectivity index (χ1n) is 9.45. The zero-order valence-corrected chi connectivity index (χ0v) is 16.6. The van der Waals surface area contributed by atoms with Crippen LogP contribution in [-0.4, -0.2) is 26.9 Å². The third-order valence-electron chi connectivity index (χ3n) is 4.70. The number of carbonyl (C=O) groups excluding carboxylic acids is 1. The van der Waals surface area contributed by atoms with E-state index in [1.807, 2.05) is 29.2 Å². The normalized spacial score (nSPS) is 13.3. The van der Waals surface area contributed by atoms with Crippen LogP contribution in [0.1, 0.15) is 39.5 Å². The molecule has 1 aliphatic carbocycles. The summed E-state index contributed by atoms with van der Waals surface area (Å²) in [6.45, 7) is 0.689. The first-order chi connectivity index (χ1) is 14.1. The fraction of sp³-hybridized carbons (Fsp3) is 0.273. The SMILES string of the molecule is O=C(c1cccc(F)c1)N(Cc1cccc(OCc2nc(CO)cs2)c1)C1CC1. The van der Waals surface area contributed by atoms with Gasteiger partial charge in [0.2, 0.25) is 0 Å². The second-order valence-corrected chi connectivity index (χ2v) is 7.94. The maximum atomic E-state index is 13.5. The summed E-state index contributed by atoms with van der Waals surface area (Å²) in [5.74, 6) is 0.128. The van der Waals surface area contributed by atoms with Gasteiger partial charge in [-0.2, -0.15) is 0 Å². The molecule has 2 aromatic carbocycles. The molecule has 1 aliphatic rings.